The first-order valence-electron chi connectivity index (χ1n) is 8.65. The van der Waals surface area contributed by atoms with Crippen LogP contribution in [0, 0.1) is 5.92 Å². The highest BCUT2D eigenvalue weighted by Gasteiger charge is 2.44. The molecular weight excluding hydrogens is 264 g/mol. The van der Waals surface area contributed by atoms with Crippen molar-refractivity contribution in [1.29, 1.82) is 0 Å². The number of esters is 1. The number of carbonyl (C=O) groups excluding carboxylic acids is 1. The lowest BCUT2D eigenvalue weighted by Gasteiger charge is -2.51. The third-order valence-electron chi connectivity index (χ3n) is 5.05. The summed E-state index contributed by atoms with van der Waals surface area (Å²) in [4.78, 5) is 14.8. The third kappa shape index (κ3) is 3.98. The number of piperidine rings is 2. The number of methoxy groups -OCH3 is 1. The van der Waals surface area contributed by atoms with E-state index in [0.29, 0.717) is 24.0 Å². The Labute approximate surface area is 129 Å². The van der Waals surface area contributed by atoms with Gasteiger partial charge in [-0.25, -0.2) is 0 Å². The molecule has 3 atom stereocenters. The number of nitrogens with one attached hydrogen (secondary N) is 1. The summed E-state index contributed by atoms with van der Waals surface area (Å²) in [5.41, 5.74) is 0. The van der Waals surface area contributed by atoms with Crippen LogP contribution in [0.4, 0.5) is 0 Å². The van der Waals surface area contributed by atoms with Gasteiger partial charge in [-0.15, -0.1) is 0 Å². The second kappa shape index (κ2) is 7.59. The number of hydrogen-bond donors (Lipinski definition) is 1. The van der Waals surface area contributed by atoms with Gasteiger partial charge in [-0.05, 0) is 44.6 Å². The molecule has 0 radical (unpaired) electrons. The van der Waals surface area contributed by atoms with E-state index >= 15 is 0 Å². The van der Waals surface area contributed by atoms with Crippen LogP contribution < -0.4 is 5.32 Å². The predicted molar refractivity (Wildman–Crippen MR) is 85.2 cm³/mol. The molecular formula is C17H32N2O2. The molecule has 0 aromatic rings. The second-order valence-corrected chi connectivity index (χ2v) is 7.08. The summed E-state index contributed by atoms with van der Waals surface area (Å²) in [6.45, 7) is 7.60. The minimum absolute atomic E-state index is 0.0394. The topological polar surface area (TPSA) is 41.6 Å². The molecule has 2 rings (SSSR count). The van der Waals surface area contributed by atoms with Crippen molar-refractivity contribution in [3.05, 3.63) is 0 Å². The van der Waals surface area contributed by atoms with Crippen LogP contribution in [0.5, 0.6) is 0 Å². The fourth-order valence-corrected chi connectivity index (χ4v) is 4.30. The van der Waals surface area contributed by atoms with E-state index in [1.165, 1.54) is 39.2 Å². The van der Waals surface area contributed by atoms with E-state index in [4.69, 9.17) is 4.74 Å². The molecule has 0 spiro atoms. The highest BCUT2D eigenvalue weighted by Crippen LogP contribution is 2.37. The van der Waals surface area contributed by atoms with Crippen molar-refractivity contribution in [1.82, 2.24) is 10.2 Å². The van der Waals surface area contributed by atoms with Crippen molar-refractivity contribution in [3.63, 3.8) is 0 Å². The molecule has 2 heterocycles. The fourth-order valence-electron chi connectivity index (χ4n) is 4.30. The Balaban J connectivity index is 2.14. The molecule has 4 heteroatoms. The summed E-state index contributed by atoms with van der Waals surface area (Å²) in [7, 11) is 1.52. The first-order valence-corrected chi connectivity index (χ1v) is 8.65. The first-order chi connectivity index (χ1) is 10.1. The van der Waals surface area contributed by atoms with Crippen LogP contribution >= 0.6 is 0 Å². The number of carbonyl (C=O) groups is 1. The average Bonchev–Trinajstić information content (AvgIpc) is 2.43. The number of ether oxygens (including phenoxy) is 1. The minimum Gasteiger partial charge on any atom is -0.468 e. The molecule has 0 aromatic carbocycles. The lowest BCUT2D eigenvalue weighted by Crippen LogP contribution is -2.61. The highest BCUT2D eigenvalue weighted by atomic mass is 16.5. The van der Waals surface area contributed by atoms with Gasteiger partial charge in [0.05, 0.1) is 7.11 Å². The molecule has 0 aromatic heterocycles. The molecule has 2 saturated heterocycles. The van der Waals surface area contributed by atoms with E-state index in [1.54, 1.807) is 0 Å². The monoisotopic (exact) mass is 296 g/mol. The Hall–Kier alpha value is -0.610. The normalized spacial score (nSPS) is 31.2. The number of nitrogens with zero attached hydrogens (tertiary/aromatic N) is 1. The van der Waals surface area contributed by atoms with Crippen molar-refractivity contribution in [2.24, 2.45) is 5.92 Å². The van der Waals surface area contributed by atoms with Gasteiger partial charge in [0.2, 0.25) is 0 Å². The Morgan fingerprint density at radius 1 is 1.29 bits per heavy atom. The van der Waals surface area contributed by atoms with Crippen LogP contribution in [0.2, 0.25) is 0 Å². The average molecular weight is 296 g/mol. The molecule has 3 unspecified atom stereocenters. The van der Waals surface area contributed by atoms with Crippen molar-refractivity contribution in [3.8, 4) is 0 Å². The van der Waals surface area contributed by atoms with Crippen LogP contribution in [0.25, 0.3) is 0 Å². The summed E-state index contributed by atoms with van der Waals surface area (Å²) in [6, 6.07) is 1.67. The van der Waals surface area contributed by atoms with E-state index in [9.17, 15) is 4.79 Å². The van der Waals surface area contributed by atoms with E-state index in [2.05, 4.69) is 31.0 Å². The highest BCUT2D eigenvalue weighted by molar-refractivity contribution is 5.75. The lowest BCUT2D eigenvalue weighted by molar-refractivity contribution is -0.153. The van der Waals surface area contributed by atoms with Gasteiger partial charge < -0.3 is 10.1 Å². The molecule has 0 aliphatic carbocycles. The van der Waals surface area contributed by atoms with Gasteiger partial charge in [0.25, 0.3) is 0 Å². The van der Waals surface area contributed by atoms with Gasteiger partial charge in [0.1, 0.15) is 6.04 Å². The molecule has 1 N–H and O–H groups in total. The van der Waals surface area contributed by atoms with Crippen molar-refractivity contribution in [2.45, 2.75) is 83.5 Å². The largest absolute Gasteiger partial charge is 0.468 e. The molecule has 2 bridgehead atoms. The maximum atomic E-state index is 12.3. The Morgan fingerprint density at radius 3 is 2.38 bits per heavy atom. The van der Waals surface area contributed by atoms with Crippen LogP contribution in [0.1, 0.15) is 59.3 Å². The summed E-state index contributed by atoms with van der Waals surface area (Å²) in [5.74, 6) is 0.476. The Bertz CT molecular complexity index is 332. The zero-order valence-electron chi connectivity index (χ0n) is 14.1. The van der Waals surface area contributed by atoms with Crippen LogP contribution in [-0.2, 0) is 9.53 Å². The third-order valence-corrected chi connectivity index (χ3v) is 5.05. The maximum absolute atomic E-state index is 12.3. The van der Waals surface area contributed by atoms with Gasteiger partial charge in [-0.1, -0.05) is 27.2 Å². The van der Waals surface area contributed by atoms with Crippen LogP contribution in [-0.4, -0.2) is 48.7 Å². The standard InChI is InChI=1S/C17H32N2O2/c1-5-18-13-10-14-7-6-8-15(11-13)19(14)16(9-12(2)3)17(20)21-4/h12-16,18H,5-11H2,1-4H3. The van der Waals surface area contributed by atoms with Gasteiger partial charge in [0.15, 0.2) is 0 Å². The number of hydrogen-bond acceptors (Lipinski definition) is 4. The van der Waals surface area contributed by atoms with Gasteiger partial charge in [-0.3, -0.25) is 9.69 Å². The minimum atomic E-state index is -0.0483. The molecule has 2 aliphatic heterocycles. The van der Waals surface area contributed by atoms with Gasteiger partial charge >= 0.3 is 5.97 Å². The van der Waals surface area contributed by atoms with Gasteiger partial charge in [0, 0.05) is 18.1 Å². The van der Waals surface area contributed by atoms with E-state index in [1.807, 2.05) is 0 Å². The molecule has 122 valence electrons. The Morgan fingerprint density at radius 2 is 1.90 bits per heavy atom. The van der Waals surface area contributed by atoms with Crippen LogP contribution in [0.15, 0.2) is 0 Å². The smallest absolute Gasteiger partial charge is 0.323 e. The number of rotatable bonds is 6. The second-order valence-electron chi connectivity index (χ2n) is 7.08. The fraction of sp³-hybridized carbons (Fsp3) is 0.941. The van der Waals surface area contributed by atoms with Crippen molar-refractivity contribution >= 4 is 5.97 Å². The van der Waals surface area contributed by atoms with Gasteiger partial charge in [-0.2, -0.15) is 0 Å². The van der Waals surface area contributed by atoms with E-state index in [-0.39, 0.29) is 12.0 Å². The number of fused-ring (bicyclic) bond motifs is 2. The SMILES string of the molecule is CCNC1CC2CCCC(C1)N2C(CC(C)C)C(=O)OC. The summed E-state index contributed by atoms with van der Waals surface area (Å²) < 4.78 is 5.11. The lowest BCUT2D eigenvalue weighted by atomic mass is 9.79. The summed E-state index contributed by atoms with van der Waals surface area (Å²) in [5, 5.41) is 3.61. The van der Waals surface area contributed by atoms with E-state index in [0.717, 1.165) is 13.0 Å². The van der Waals surface area contributed by atoms with Crippen molar-refractivity contribution < 1.29 is 9.53 Å². The molecule has 21 heavy (non-hydrogen) atoms. The molecule has 0 saturated carbocycles. The van der Waals surface area contributed by atoms with Crippen LogP contribution in [0.3, 0.4) is 0 Å². The van der Waals surface area contributed by atoms with E-state index < -0.39 is 0 Å². The molecule has 2 aliphatic rings. The maximum Gasteiger partial charge on any atom is 0.323 e. The molecule has 4 nitrogen and oxygen atoms in total. The summed E-state index contributed by atoms with van der Waals surface area (Å²) in [6.07, 6.45) is 7.02. The molecule has 2 fully saturated rings. The predicted octanol–water partition coefficient (Wildman–Crippen LogP) is 2.57. The first kappa shape index (κ1) is 16.8. The Kier molecular flexibility index (Phi) is 6.06. The zero-order valence-corrected chi connectivity index (χ0v) is 14.1. The van der Waals surface area contributed by atoms with Crippen molar-refractivity contribution in [2.75, 3.05) is 13.7 Å². The quantitative estimate of drug-likeness (QED) is 0.765. The zero-order chi connectivity index (χ0) is 15.4. The molecule has 0 amide bonds. The summed E-state index contributed by atoms with van der Waals surface area (Å²) >= 11 is 0.